The van der Waals surface area contributed by atoms with E-state index >= 15 is 0 Å². The molecule has 3 N–H and O–H groups in total. The molecule has 14 heavy (non-hydrogen) atoms. The van der Waals surface area contributed by atoms with E-state index in [4.69, 9.17) is 10.5 Å². The zero-order valence-corrected chi connectivity index (χ0v) is 7.69. The molecular weight excluding hydrogens is 180 g/mol. The van der Waals surface area contributed by atoms with Gasteiger partial charge in [-0.3, -0.25) is 0 Å². The Kier molecular flexibility index (Phi) is 2.06. The zero-order chi connectivity index (χ0) is 9.97. The van der Waals surface area contributed by atoms with Crippen molar-refractivity contribution in [2.24, 2.45) is 0 Å². The molecule has 0 amide bonds. The van der Waals surface area contributed by atoms with Crippen molar-refractivity contribution in [3.05, 3.63) is 24.4 Å². The SMILES string of the molecule is COc1cc(-c2ccc[nH]2)nc(N)n1. The summed E-state index contributed by atoms with van der Waals surface area (Å²) in [5.74, 6) is 0.663. The van der Waals surface area contributed by atoms with Crippen LogP contribution in [0.25, 0.3) is 11.4 Å². The molecule has 0 spiro atoms. The lowest BCUT2D eigenvalue weighted by Gasteiger charge is -2.02. The summed E-state index contributed by atoms with van der Waals surface area (Å²) in [6, 6.07) is 5.52. The third kappa shape index (κ3) is 1.52. The molecule has 0 atom stereocenters. The number of nitrogen functional groups attached to an aromatic ring is 1. The molecule has 0 aliphatic carbocycles. The van der Waals surface area contributed by atoms with Crippen molar-refractivity contribution in [2.75, 3.05) is 12.8 Å². The van der Waals surface area contributed by atoms with Crippen LogP contribution in [0.4, 0.5) is 5.95 Å². The van der Waals surface area contributed by atoms with Gasteiger partial charge in [-0.15, -0.1) is 0 Å². The minimum Gasteiger partial charge on any atom is -0.481 e. The van der Waals surface area contributed by atoms with Gasteiger partial charge in [0.15, 0.2) is 0 Å². The molecule has 2 aromatic heterocycles. The Morgan fingerprint density at radius 2 is 2.29 bits per heavy atom. The van der Waals surface area contributed by atoms with Crippen LogP contribution in [0.15, 0.2) is 24.4 Å². The maximum atomic E-state index is 5.52. The summed E-state index contributed by atoms with van der Waals surface area (Å²) in [4.78, 5) is 11.0. The van der Waals surface area contributed by atoms with E-state index in [1.54, 1.807) is 13.2 Å². The van der Waals surface area contributed by atoms with Gasteiger partial charge in [0.05, 0.1) is 18.5 Å². The number of hydrogen-bond acceptors (Lipinski definition) is 4. The smallest absolute Gasteiger partial charge is 0.223 e. The Morgan fingerprint density at radius 3 is 2.93 bits per heavy atom. The molecule has 0 bridgehead atoms. The summed E-state index contributed by atoms with van der Waals surface area (Å²) in [7, 11) is 1.54. The molecule has 2 rings (SSSR count). The number of H-pyrrole nitrogens is 1. The van der Waals surface area contributed by atoms with Gasteiger partial charge < -0.3 is 15.5 Å². The van der Waals surface area contributed by atoms with Crippen LogP contribution in [0.2, 0.25) is 0 Å². The summed E-state index contributed by atoms with van der Waals surface area (Å²) in [5, 5.41) is 0. The zero-order valence-electron chi connectivity index (χ0n) is 7.69. The van der Waals surface area contributed by atoms with E-state index < -0.39 is 0 Å². The first-order valence-corrected chi connectivity index (χ1v) is 4.12. The van der Waals surface area contributed by atoms with Gasteiger partial charge in [-0.05, 0) is 12.1 Å². The molecule has 5 nitrogen and oxygen atoms in total. The van der Waals surface area contributed by atoms with Gasteiger partial charge in [-0.2, -0.15) is 4.98 Å². The molecular formula is C9H10N4O. The van der Waals surface area contributed by atoms with Crippen molar-refractivity contribution in [3.63, 3.8) is 0 Å². The van der Waals surface area contributed by atoms with Crippen LogP contribution in [-0.2, 0) is 0 Å². The van der Waals surface area contributed by atoms with E-state index in [0.717, 1.165) is 11.4 Å². The van der Waals surface area contributed by atoms with Crippen LogP contribution in [0.1, 0.15) is 0 Å². The highest BCUT2D eigenvalue weighted by Crippen LogP contribution is 2.19. The van der Waals surface area contributed by atoms with Crippen molar-refractivity contribution in [2.45, 2.75) is 0 Å². The van der Waals surface area contributed by atoms with Crippen molar-refractivity contribution in [1.29, 1.82) is 0 Å². The number of anilines is 1. The maximum absolute atomic E-state index is 5.52. The fourth-order valence-electron chi connectivity index (χ4n) is 1.18. The van der Waals surface area contributed by atoms with Crippen LogP contribution in [0.5, 0.6) is 5.88 Å². The van der Waals surface area contributed by atoms with Gasteiger partial charge in [0.1, 0.15) is 0 Å². The summed E-state index contributed by atoms with van der Waals surface area (Å²) in [5.41, 5.74) is 7.13. The first-order chi connectivity index (χ1) is 6.79. The Labute approximate surface area is 81.0 Å². The third-order valence-electron chi connectivity index (χ3n) is 1.80. The molecule has 2 heterocycles. The molecule has 0 aliphatic rings. The van der Waals surface area contributed by atoms with Gasteiger partial charge in [0.2, 0.25) is 11.8 Å². The third-order valence-corrected chi connectivity index (χ3v) is 1.80. The van der Waals surface area contributed by atoms with E-state index in [-0.39, 0.29) is 5.95 Å². The van der Waals surface area contributed by atoms with Crippen molar-refractivity contribution in [1.82, 2.24) is 15.0 Å². The van der Waals surface area contributed by atoms with Crippen LogP contribution in [0.3, 0.4) is 0 Å². The number of methoxy groups -OCH3 is 1. The van der Waals surface area contributed by atoms with Crippen molar-refractivity contribution >= 4 is 5.95 Å². The normalized spacial score (nSPS) is 10.1. The molecule has 0 saturated heterocycles. The Hall–Kier alpha value is -2.04. The van der Waals surface area contributed by atoms with Gasteiger partial charge in [-0.1, -0.05) is 0 Å². The largest absolute Gasteiger partial charge is 0.481 e. The highest BCUT2D eigenvalue weighted by atomic mass is 16.5. The van der Waals surface area contributed by atoms with Gasteiger partial charge in [0, 0.05) is 12.3 Å². The summed E-state index contributed by atoms with van der Waals surface area (Å²) < 4.78 is 4.99. The second-order valence-corrected chi connectivity index (χ2v) is 2.74. The Balaban J connectivity index is 2.48. The van der Waals surface area contributed by atoms with E-state index in [2.05, 4.69) is 15.0 Å². The minimum absolute atomic E-state index is 0.203. The van der Waals surface area contributed by atoms with Crippen molar-refractivity contribution < 1.29 is 4.74 Å². The minimum atomic E-state index is 0.203. The van der Waals surface area contributed by atoms with E-state index in [1.807, 2.05) is 18.3 Å². The number of nitrogens with one attached hydrogen (secondary N) is 1. The average Bonchev–Trinajstić information content (AvgIpc) is 2.69. The summed E-state index contributed by atoms with van der Waals surface area (Å²) in [6.45, 7) is 0. The van der Waals surface area contributed by atoms with Crippen LogP contribution in [0, 0.1) is 0 Å². The van der Waals surface area contributed by atoms with Crippen LogP contribution in [-0.4, -0.2) is 22.1 Å². The standard InChI is InChI=1S/C9H10N4O/c1-14-8-5-7(12-9(10)13-8)6-3-2-4-11-6/h2-5,11H,1H3,(H2,10,12,13). The number of rotatable bonds is 2. The Morgan fingerprint density at radius 1 is 1.43 bits per heavy atom. The lowest BCUT2D eigenvalue weighted by Crippen LogP contribution is -1.99. The topological polar surface area (TPSA) is 76.8 Å². The molecule has 0 unspecified atom stereocenters. The number of nitrogens with zero attached hydrogens (tertiary/aromatic N) is 2. The molecule has 0 aliphatic heterocycles. The fourth-order valence-corrected chi connectivity index (χ4v) is 1.18. The Bertz CT molecular complexity index is 424. The molecule has 0 aromatic carbocycles. The first-order valence-electron chi connectivity index (χ1n) is 4.12. The molecule has 5 heteroatoms. The number of nitrogens with two attached hydrogens (primary N) is 1. The number of aromatic amines is 1. The molecule has 2 aromatic rings. The van der Waals surface area contributed by atoms with Crippen LogP contribution < -0.4 is 10.5 Å². The molecule has 0 saturated carbocycles. The second-order valence-electron chi connectivity index (χ2n) is 2.74. The maximum Gasteiger partial charge on any atom is 0.223 e. The number of hydrogen-bond donors (Lipinski definition) is 2. The van der Waals surface area contributed by atoms with E-state index in [0.29, 0.717) is 5.88 Å². The number of aromatic nitrogens is 3. The number of ether oxygens (including phenoxy) is 1. The summed E-state index contributed by atoms with van der Waals surface area (Å²) in [6.07, 6.45) is 1.82. The van der Waals surface area contributed by atoms with E-state index in [9.17, 15) is 0 Å². The second kappa shape index (κ2) is 3.37. The summed E-state index contributed by atoms with van der Waals surface area (Å²) >= 11 is 0. The molecule has 72 valence electrons. The van der Waals surface area contributed by atoms with Gasteiger partial charge in [0.25, 0.3) is 0 Å². The first kappa shape index (κ1) is 8.55. The molecule has 0 radical (unpaired) electrons. The lowest BCUT2D eigenvalue weighted by molar-refractivity contribution is 0.398. The fraction of sp³-hybridized carbons (Fsp3) is 0.111. The predicted octanol–water partition coefficient (Wildman–Crippen LogP) is 1.06. The molecule has 0 fully saturated rings. The highest BCUT2D eigenvalue weighted by Gasteiger charge is 2.04. The van der Waals surface area contributed by atoms with Crippen LogP contribution >= 0.6 is 0 Å². The van der Waals surface area contributed by atoms with E-state index in [1.165, 1.54) is 0 Å². The van der Waals surface area contributed by atoms with Gasteiger partial charge >= 0.3 is 0 Å². The predicted molar refractivity (Wildman–Crippen MR) is 52.8 cm³/mol. The quantitative estimate of drug-likeness (QED) is 0.742. The monoisotopic (exact) mass is 190 g/mol. The van der Waals surface area contributed by atoms with Crippen molar-refractivity contribution in [3.8, 4) is 17.3 Å². The lowest BCUT2D eigenvalue weighted by atomic mass is 10.3. The highest BCUT2D eigenvalue weighted by molar-refractivity contribution is 5.56. The van der Waals surface area contributed by atoms with Gasteiger partial charge in [-0.25, -0.2) is 4.98 Å². The average molecular weight is 190 g/mol.